The lowest BCUT2D eigenvalue weighted by molar-refractivity contribution is 0.734. The van der Waals surface area contributed by atoms with Gasteiger partial charge in [-0.05, 0) is 30.0 Å². The normalized spacial score (nSPS) is 10.5. The molecule has 1 aromatic carbocycles. The van der Waals surface area contributed by atoms with Gasteiger partial charge in [-0.25, -0.2) is 0 Å². The van der Waals surface area contributed by atoms with Crippen molar-refractivity contribution in [2.24, 2.45) is 0 Å². The maximum atomic E-state index is 6.02. The van der Waals surface area contributed by atoms with Crippen molar-refractivity contribution in [3.05, 3.63) is 33.8 Å². The maximum absolute atomic E-state index is 6.02. The minimum atomic E-state index is 0.509. The summed E-state index contributed by atoms with van der Waals surface area (Å²) >= 11 is 11.8. The third kappa shape index (κ3) is 6.40. The fraction of sp³-hybridized carbons (Fsp3) is 0.571. The first kappa shape index (κ1) is 18.2. The van der Waals surface area contributed by atoms with E-state index in [4.69, 9.17) is 23.2 Å². The van der Waals surface area contributed by atoms with Crippen molar-refractivity contribution in [2.45, 2.75) is 53.9 Å². The van der Waals surface area contributed by atoms with Gasteiger partial charge in [0.1, 0.15) is 0 Å². The van der Waals surface area contributed by atoms with Crippen LogP contribution in [0.3, 0.4) is 0 Å². The van der Waals surface area contributed by atoms with Crippen molar-refractivity contribution >= 4 is 23.2 Å². The average Bonchev–Trinajstić information content (AvgIpc) is 2.33. The van der Waals surface area contributed by atoms with Crippen molar-refractivity contribution < 1.29 is 0 Å². The molecule has 0 radical (unpaired) electrons. The molecule has 1 aromatic rings. The summed E-state index contributed by atoms with van der Waals surface area (Å²) in [5.74, 6) is 0.509. The van der Waals surface area contributed by atoms with Gasteiger partial charge in [0.2, 0.25) is 0 Å². The molecular weight excluding hydrogens is 239 g/mol. The van der Waals surface area contributed by atoms with Crippen LogP contribution in [0.4, 0.5) is 0 Å². The second-order valence-corrected chi connectivity index (χ2v) is 3.82. The summed E-state index contributed by atoms with van der Waals surface area (Å²) in [7, 11) is 0. The Morgan fingerprint density at radius 2 is 1.56 bits per heavy atom. The Morgan fingerprint density at radius 1 is 1.06 bits per heavy atom. The molecule has 0 bridgehead atoms. The van der Waals surface area contributed by atoms with E-state index in [2.05, 4.69) is 13.8 Å². The molecule has 1 rings (SSSR count). The Hall–Kier alpha value is -0.200. The summed E-state index contributed by atoms with van der Waals surface area (Å²) in [6.45, 7) is 12.3. The van der Waals surface area contributed by atoms with Crippen LogP contribution in [0.25, 0.3) is 0 Å². The minimum absolute atomic E-state index is 0.509. The van der Waals surface area contributed by atoms with E-state index in [1.807, 2.05) is 39.8 Å². The first-order valence-corrected chi connectivity index (χ1v) is 6.85. The molecule has 0 nitrogen and oxygen atoms in total. The van der Waals surface area contributed by atoms with E-state index in [1.54, 1.807) is 6.07 Å². The summed E-state index contributed by atoms with van der Waals surface area (Å²) in [4.78, 5) is 0. The topological polar surface area (TPSA) is 0 Å². The van der Waals surface area contributed by atoms with E-state index in [-0.39, 0.29) is 0 Å². The van der Waals surface area contributed by atoms with Gasteiger partial charge >= 0.3 is 0 Å². The number of rotatable bonds is 2. The SMILES string of the molecule is CC.CC.CCC(C)c1ccc(Cl)cc1Cl. The zero-order valence-corrected chi connectivity index (χ0v) is 12.8. The molecule has 16 heavy (non-hydrogen) atoms. The van der Waals surface area contributed by atoms with Crippen LogP contribution in [0.5, 0.6) is 0 Å². The van der Waals surface area contributed by atoms with E-state index in [0.717, 1.165) is 11.4 Å². The van der Waals surface area contributed by atoms with Crippen LogP contribution in [0.2, 0.25) is 10.0 Å². The predicted octanol–water partition coefficient (Wildman–Crippen LogP) is 6.56. The van der Waals surface area contributed by atoms with Crippen LogP contribution < -0.4 is 0 Å². The minimum Gasteiger partial charge on any atom is -0.0843 e. The molecule has 94 valence electrons. The van der Waals surface area contributed by atoms with E-state index < -0.39 is 0 Å². The fourth-order valence-corrected chi connectivity index (χ4v) is 1.72. The van der Waals surface area contributed by atoms with Crippen LogP contribution in [-0.2, 0) is 0 Å². The van der Waals surface area contributed by atoms with Crippen LogP contribution in [0, 0.1) is 0 Å². The Morgan fingerprint density at radius 3 is 1.94 bits per heavy atom. The van der Waals surface area contributed by atoms with Gasteiger partial charge in [-0.3, -0.25) is 0 Å². The Kier molecular flexibility index (Phi) is 12.8. The van der Waals surface area contributed by atoms with Crippen LogP contribution >= 0.6 is 23.2 Å². The highest BCUT2D eigenvalue weighted by atomic mass is 35.5. The molecule has 0 aromatic heterocycles. The van der Waals surface area contributed by atoms with Gasteiger partial charge in [0.25, 0.3) is 0 Å². The highest BCUT2D eigenvalue weighted by Crippen LogP contribution is 2.28. The van der Waals surface area contributed by atoms with E-state index >= 15 is 0 Å². The van der Waals surface area contributed by atoms with Gasteiger partial charge in [0, 0.05) is 10.0 Å². The monoisotopic (exact) mass is 262 g/mol. The molecule has 0 spiro atoms. The first-order chi connectivity index (χ1) is 7.65. The number of hydrogen-bond acceptors (Lipinski definition) is 0. The number of benzene rings is 1. The molecule has 0 aliphatic rings. The second kappa shape index (κ2) is 11.3. The largest absolute Gasteiger partial charge is 0.0843 e. The molecule has 0 N–H and O–H groups in total. The van der Waals surface area contributed by atoms with Crippen molar-refractivity contribution in [3.8, 4) is 0 Å². The lowest BCUT2D eigenvalue weighted by Gasteiger charge is -2.10. The fourth-order valence-electron chi connectivity index (χ4n) is 1.12. The predicted molar refractivity (Wildman–Crippen MR) is 77.9 cm³/mol. The molecule has 1 atom stereocenters. The maximum Gasteiger partial charge on any atom is 0.0455 e. The summed E-state index contributed by atoms with van der Waals surface area (Å²) in [5, 5.41) is 1.48. The summed E-state index contributed by atoms with van der Waals surface area (Å²) in [6.07, 6.45) is 1.10. The number of hydrogen-bond donors (Lipinski definition) is 0. The summed E-state index contributed by atoms with van der Waals surface area (Å²) in [6, 6.07) is 5.68. The molecule has 0 saturated carbocycles. The molecule has 0 fully saturated rings. The Labute approximate surface area is 111 Å². The van der Waals surface area contributed by atoms with E-state index in [0.29, 0.717) is 10.9 Å². The van der Waals surface area contributed by atoms with Gasteiger partial charge in [-0.1, -0.05) is 70.8 Å². The highest BCUT2D eigenvalue weighted by molar-refractivity contribution is 6.35. The zero-order valence-electron chi connectivity index (χ0n) is 11.3. The van der Waals surface area contributed by atoms with Crippen molar-refractivity contribution in [2.75, 3.05) is 0 Å². The Balaban J connectivity index is 0. The Bertz CT molecular complexity index is 269. The molecule has 0 amide bonds. The molecule has 2 heteroatoms. The molecule has 0 saturated heterocycles. The third-order valence-electron chi connectivity index (χ3n) is 2.11. The van der Waals surface area contributed by atoms with Crippen LogP contribution in [0.1, 0.15) is 59.4 Å². The number of halogens is 2. The van der Waals surface area contributed by atoms with Crippen molar-refractivity contribution in [1.82, 2.24) is 0 Å². The smallest absolute Gasteiger partial charge is 0.0455 e. The molecule has 0 aliphatic carbocycles. The summed E-state index contributed by atoms with van der Waals surface area (Å²) < 4.78 is 0. The van der Waals surface area contributed by atoms with E-state index in [9.17, 15) is 0 Å². The highest BCUT2D eigenvalue weighted by Gasteiger charge is 2.07. The third-order valence-corrected chi connectivity index (χ3v) is 2.67. The second-order valence-electron chi connectivity index (χ2n) is 2.98. The van der Waals surface area contributed by atoms with Crippen molar-refractivity contribution in [1.29, 1.82) is 0 Å². The van der Waals surface area contributed by atoms with Gasteiger partial charge in [0.05, 0.1) is 0 Å². The van der Waals surface area contributed by atoms with Gasteiger partial charge in [0.15, 0.2) is 0 Å². The quantitative estimate of drug-likeness (QED) is 0.566. The molecule has 1 unspecified atom stereocenters. The van der Waals surface area contributed by atoms with Gasteiger partial charge < -0.3 is 0 Å². The molecular formula is C14H24Cl2. The van der Waals surface area contributed by atoms with Crippen molar-refractivity contribution in [3.63, 3.8) is 0 Å². The molecule has 0 heterocycles. The van der Waals surface area contributed by atoms with E-state index in [1.165, 1.54) is 5.56 Å². The lowest BCUT2D eigenvalue weighted by Crippen LogP contribution is -1.91. The lowest BCUT2D eigenvalue weighted by atomic mass is 9.99. The summed E-state index contributed by atoms with van der Waals surface area (Å²) in [5.41, 5.74) is 1.18. The van der Waals surface area contributed by atoms with Crippen LogP contribution in [0.15, 0.2) is 18.2 Å². The first-order valence-electron chi connectivity index (χ1n) is 6.10. The van der Waals surface area contributed by atoms with Gasteiger partial charge in [-0.2, -0.15) is 0 Å². The standard InChI is InChI=1S/C10H12Cl2.2C2H6/c1-3-7(2)9-5-4-8(11)6-10(9)12;2*1-2/h4-7H,3H2,1-2H3;2*1-2H3. The van der Waals surface area contributed by atoms with Gasteiger partial charge in [-0.15, -0.1) is 0 Å². The zero-order chi connectivity index (χ0) is 13.1. The molecule has 0 aliphatic heterocycles. The van der Waals surface area contributed by atoms with Crippen LogP contribution in [-0.4, -0.2) is 0 Å². The average molecular weight is 263 g/mol.